The van der Waals surface area contributed by atoms with Crippen molar-refractivity contribution >= 4 is 23.5 Å². The van der Waals surface area contributed by atoms with Crippen molar-refractivity contribution in [3.05, 3.63) is 11.4 Å². The molecule has 1 aliphatic rings. The van der Waals surface area contributed by atoms with Crippen molar-refractivity contribution in [2.24, 2.45) is 11.8 Å². The summed E-state index contributed by atoms with van der Waals surface area (Å²) in [6, 6.07) is 0. The van der Waals surface area contributed by atoms with Crippen LogP contribution in [0, 0.1) is 25.7 Å². The third-order valence-electron chi connectivity index (χ3n) is 4.09. The van der Waals surface area contributed by atoms with E-state index in [1.807, 2.05) is 13.8 Å². The van der Waals surface area contributed by atoms with Crippen LogP contribution in [0.25, 0.3) is 0 Å². The smallest absolute Gasteiger partial charge is 0.325 e. The number of nitrogens with zero attached hydrogens (tertiary/aromatic N) is 3. The van der Waals surface area contributed by atoms with E-state index in [1.54, 1.807) is 18.7 Å². The molecule has 8 heteroatoms. The zero-order valence-corrected chi connectivity index (χ0v) is 14.5. The van der Waals surface area contributed by atoms with Gasteiger partial charge in [-0.05, 0) is 19.8 Å². The number of carboxylic acid groups (broad SMARTS) is 1. The minimum atomic E-state index is -0.996. The van der Waals surface area contributed by atoms with Gasteiger partial charge in [-0.2, -0.15) is 5.10 Å². The molecule has 0 spiro atoms. The maximum Gasteiger partial charge on any atom is 0.325 e. The van der Waals surface area contributed by atoms with Crippen LogP contribution < -0.4 is 5.32 Å². The monoisotopic (exact) mass is 336 g/mol. The van der Waals surface area contributed by atoms with Gasteiger partial charge in [0.1, 0.15) is 6.54 Å². The number of aromatic nitrogens is 2. The molecule has 0 unspecified atom stereocenters. The lowest BCUT2D eigenvalue weighted by molar-refractivity contribution is -0.138. The molecule has 132 valence electrons. The third-order valence-corrected chi connectivity index (χ3v) is 4.09. The number of likely N-dealkylation sites (tertiary alicyclic amines) is 1. The Balaban J connectivity index is 2.07. The van der Waals surface area contributed by atoms with Crippen molar-refractivity contribution in [2.45, 2.75) is 40.7 Å². The van der Waals surface area contributed by atoms with Crippen LogP contribution in [0.2, 0.25) is 0 Å². The fourth-order valence-corrected chi connectivity index (χ4v) is 2.95. The lowest BCUT2D eigenvalue weighted by Gasteiger charge is -2.18. The molecule has 8 nitrogen and oxygen atoms in total. The van der Waals surface area contributed by atoms with Crippen molar-refractivity contribution < 1.29 is 19.5 Å². The van der Waals surface area contributed by atoms with Gasteiger partial charge in [-0.3, -0.25) is 19.1 Å². The van der Waals surface area contributed by atoms with Gasteiger partial charge in [0, 0.05) is 19.5 Å². The molecule has 1 aromatic rings. The summed E-state index contributed by atoms with van der Waals surface area (Å²) in [5.74, 6) is -1.26. The SMILES string of the molecule is Cc1nn(CC(=O)O)c(C)c1NC(=O)[C@H]1CC(=O)N(CC(C)C)C1. The molecule has 24 heavy (non-hydrogen) atoms. The number of rotatable bonds is 6. The fraction of sp³-hybridized carbons (Fsp3) is 0.625. The summed E-state index contributed by atoms with van der Waals surface area (Å²) >= 11 is 0. The first-order chi connectivity index (χ1) is 11.2. The van der Waals surface area contributed by atoms with E-state index in [1.165, 1.54) is 4.68 Å². The fourth-order valence-electron chi connectivity index (χ4n) is 2.95. The highest BCUT2D eigenvalue weighted by molar-refractivity contribution is 5.98. The molecule has 1 aromatic heterocycles. The Morgan fingerprint density at radius 1 is 1.38 bits per heavy atom. The Morgan fingerprint density at radius 2 is 2.04 bits per heavy atom. The summed E-state index contributed by atoms with van der Waals surface area (Å²) in [5, 5.41) is 15.8. The molecule has 2 heterocycles. The summed E-state index contributed by atoms with van der Waals surface area (Å²) in [6.45, 7) is 8.30. The Morgan fingerprint density at radius 3 is 2.62 bits per heavy atom. The van der Waals surface area contributed by atoms with Crippen LogP contribution in [0.3, 0.4) is 0 Å². The predicted molar refractivity (Wildman–Crippen MR) is 87.5 cm³/mol. The van der Waals surface area contributed by atoms with Gasteiger partial charge in [0.2, 0.25) is 11.8 Å². The molecular formula is C16H24N4O4. The minimum Gasteiger partial charge on any atom is -0.480 e. The van der Waals surface area contributed by atoms with Crippen LogP contribution in [-0.2, 0) is 20.9 Å². The molecule has 2 rings (SSSR count). The second kappa shape index (κ2) is 7.02. The van der Waals surface area contributed by atoms with Crippen LogP contribution in [0.4, 0.5) is 5.69 Å². The molecule has 2 N–H and O–H groups in total. The van der Waals surface area contributed by atoms with Gasteiger partial charge < -0.3 is 15.3 Å². The van der Waals surface area contributed by atoms with E-state index in [9.17, 15) is 14.4 Å². The Bertz CT molecular complexity index is 665. The molecule has 0 radical (unpaired) electrons. The number of carboxylic acids is 1. The Hall–Kier alpha value is -2.38. The Labute approximate surface area is 140 Å². The van der Waals surface area contributed by atoms with Gasteiger partial charge in [-0.1, -0.05) is 13.8 Å². The van der Waals surface area contributed by atoms with Crippen molar-refractivity contribution in [1.82, 2.24) is 14.7 Å². The van der Waals surface area contributed by atoms with Crippen LogP contribution in [0.1, 0.15) is 31.7 Å². The number of hydrogen-bond donors (Lipinski definition) is 2. The quantitative estimate of drug-likeness (QED) is 0.807. The Kier molecular flexibility index (Phi) is 5.26. The van der Waals surface area contributed by atoms with Crippen molar-refractivity contribution in [3.63, 3.8) is 0 Å². The lowest BCUT2D eigenvalue weighted by atomic mass is 10.1. The van der Waals surface area contributed by atoms with E-state index in [0.29, 0.717) is 36.1 Å². The van der Waals surface area contributed by atoms with Crippen LogP contribution in [-0.4, -0.2) is 50.7 Å². The minimum absolute atomic E-state index is 0.00105. The zero-order chi connectivity index (χ0) is 18.0. The number of nitrogens with one attached hydrogen (secondary N) is 1. The molecule has 1 fully saturated rings. The first-order valence-electron chi connectivity index (χ1n) is 8.03. The highest BCUT2D eigenvalue weighted by Crippen LogP contribution is 2.24. The molecule has 0 aromatic carbocycles. The number of hydrogen-bond acceptors (Lipinski definition) is 4. The van der Waals surface area contributed by atoms with Crippen LogP contribution >= 0.6 is 0 Å². The standard InChI is InChI=1S/C16H24N4O4/c1-9(2)6-19-7-12(5-13(19)21)16(24)17-15-10(3)18-20(11(15)4)8-14(22)23/h9,12H,5-8H2,1-4H3,(H,17,24)(H,22,23)/t12-/m0/s1. The third kappa shape index (κ3) is 3.93. The average Bonchev–Trinajstić information content (AvgIpc) is 2.93. The van der Waals surface area contributed by atoms with Crippen LogP contribution in [0.5, 0.6) is 0 Å². The van der Waals surface area contributed by atoms with Gasteiger partial charge in [-0.15, -0.1) is 0 Å². The van der Waals surface area contributed by atoms with E-state index in [4.69, 9.17) is 5.11 Å². The number of anilines is 1. The number of carbonyl (C=O) groups excluding carboxylic acids is 2. The molecular weight excluding hydrogens is 312 g/mol. The van der Waals surface area contributed by atoms with Gasteiger partial charge in [0.25, 0.3) is 0 Å². The maximum atomic E-state index is 12.5. The first kappa shape index (κ1) is 18.0. The summed E-state index contributed by atoms with van der Waals surface area (Å²) < 4.78 is 1.35. The van der Waals surface area contributed by atoms with E-state index in [2.05, 4.69) is 10.4 Å². The number of aliphatic carboxylic acids is 1. The van der Waals surface area contributed by atoms with E-state index in [0.717, 1.165) is 0 Å². The summed E-state index contributed by atoms with van der Waals surface area (Å²) in [4.78, 5) is 37.1. The van der Waals surface area contributed by atoms with Gasteiger partial charge in [0.15, 0.2) is 0 Å². The maximum absolute atomic E-state index is 12.5. The predicted octanol–water partition coefficient (Wildman–Crippen LogP) is 1.03. The topological polar surface area (TPSA) is 105 Å². The summed E-state index contributed by atoms with van der Waals surface area (Å²) in [6.07, 6.45) is 0.208. The molecule has 2 amide bonds. The molecule has 0 bridgehead atoms. The van der Waals surface area contributed by atoms with Crippen LogP contribution in [0.15, 0.2) is 0 Å². The molecule has 0 saturated carbocycles. The van der Waals surface area contributed by atoms with E-state index < -0.39 is 11.9 Å². The number of amides is 2. The molecule has 1 saturated heterocycles. The van der Waals surface area contributed by atoms with Gasteiger partial charge in [-0.25, -0.2) is 0 Å². The lowest BCUT2D eigenvalue weighted by Crippen LogP contribution is -2.31. The van der Waals surface area contributed by atoms with Crippen molar-refractivity contribution in [2.75, 3.05) is 18.4 Å². The van der Waals surface area contributed by atoms with E-state index in [-0.39, 0.29) is 24.8 Å². The second-order valence-electron chi connectivity index (χ2n) is 6.68. The van der Waals surface area contributed by atoms with E-state index >= 15 is 0 Å². The summed E-state index contributed by atoms with van der Waals surface area (Å²) in [5.41, 5.74) is 1.67. The van der Waals surface area contributed by atoms with Gasteiger partial charge >= 0.3 is 5.97 Å². The molecule has 0 aliphatic carbocycles. The van der Waals surface area contributed by atoms with Gasteiger partial charge in [0.05, 0.1) is 23.0 Å². The average molecular weight is 336 g/mol. The normalized spacial score (nSPS) is 17.6. The van der Waals surface area contributed by atoms with Crippen molar-refractivity contribution in [1.29, 1.82) is 0 Å². The zero-order valence-electron chi connectivity index (χ0n) is 14.5. The highest BCUT2D eigenvalue weighted by Gasteiger charge is 2.35. The molecule has 1 atom stereocenters. The second-order valence-corrected chi connectivity index (χ2v) is 6.68. The van der Waals surface area contributed by atoms with Crippen molar-refractivity contribution in [3.8, 4) is 0 Å². The first-order valence-corrected chi connectivity index (χ1v) is 8.03. The number of aryl methyl sites for hydroxylation is 1. The summed E-state index contributed by atoms with van der Waals surface area (Å²) in [7, 11) is 0. The number of carbonyl (C=O) groups is 3. The highest BCUT2D eigenvalue weighted by atomic mass is 16.4. The largest absolute Gasteiger partial charge is 0.480 e. The molecule has 1 aliphatic heterocycles.